The summed E-state index contributed by atoms with van der Waals surface area (Å²) in [6.07, 6.45) is 8.75. The van der Waals surface area contributed by atoms with Gasteiger partial charge in [-0.2, -0.15) is 5.26 Å². The van der Waals surface area contributed by atoms with Crippen LogP contribution in [0, 0.1) is 22.7 Å². The van der Waals surface area contributed by atoms with Crippen molar-refractivity contribution in [2.45, 2.75) is 30.5 Å². The highest BCUT2D eigenvalue weighted by molar-refractivity contribution is 7.99. The van der Waals surface area contributed by atoms with E-state index in [1.807, 2.05) is 6.07 Å². The van der Waals surface area contributed by atoms with Gasteiger partial charge in [0.2, 0.25) is 0 Å². The van der Waals surface area contributed by atoms with Crippen LogP contribution in [0.1, 0.15) is 25.0 Å². The molecule has 124 valence electrons. The first kappa shape index (κ1) is 16.7. The molecule has 2 N–H and O–H groups in total. The first-order valence-corrected chi connectivity index (χ1v) is 9.03. The molecule has 1 fully saturated rings. The maximum atomic E-state index is 9.02. The molecule has 7 heteroatoms. The Kier molecular flexibility index (Phi) is 5.62. The fourth-order valence-electron chi connectivity index (χ4n) is 3.00. The van der Waals surface area contributed by atoms with Crippen LogP contribution in [0.15, 0.2) is 41.9 Å². The van der Waals surface area contributed by atoms with Gasteiger partial charge < -0.3 is 5.32 Å². The quantitative estimate of drug-likeness (QED) is 0.365. The molecule has 0 bridgehead atoms. The Hall–Kier alpha value is -2.17. The summed E-state index contributed by atoms with van der Waals surface area (Å²) in [5.41, 5.74) is 0.505. The topological polar surface area (TPSA) is 90.4 Å². The van der Waals surface area contributed by atoms with Gasteiger partial charge in [0.05, 0.1) is 6.54 Å². The molecule has 2 heterocycles. The Morgan fingerprint density at radius 2 is 2.21 bits per heavy atom. The van der Waals surface area contributed by atoms with E-state index < -0.39 is 0 Å². The molecule has 2 atom stereocenters. The molecule has 6 nitrogen and oxygen atoms in total. The smallest absolute Gasteiger partial charge is 0.187 e. The average Bonchev–Trinajstić information content (AvgIpc) is 3.28. The second-order valence-electron chi connectivity index (χ2n) is 5.92. The van der Waals surface area contributed by atoms with Crippen LogP contribution in [0.2, 0.25) is 0 Å². The van der Waals surface area contributed by atoms with Crippen molar-refractivity contribution >= 4 is 17.6 Å². The molecular formula is C17H20N6S. The first-order valence-electron chi connectivity index (χ1n) is 8.04. The molecule has 24 heavy (non-hydrogen) atoms. The highest BCUT2D eigenvalue weighted by atomic mass is 32.2. The lowest BCUT2D eigenvalue weighted by Gasteiger charge is -2.14. The van der Waals surface area contributed by atoms with Crippen molar-refractivity contribution in [2.24, 2.45) is 5.92 Å². The molecular weight excluding hydrogens is 320 g/mol. The SMILES string of the molecule is N#Cc1cccn1C(=N)CN[C@@H]1CC[C@H](CSc2ncccn2)C1. The third-order valence-electron chi connectivity index (χ3n) is 4.24. The number of nitriles is 1. The molecule has 1 aliphatic carbocycles. The summed E-state index contributed by atoms with van der Waals surface area (Å²) in [6.45, 7) is 0.482. The van der Waals surface area contributed by atoms with Crippen molar-refractivity contribution in [3.8, 4) is 6.07 Å². The van der Waals surface area contributed by atoms with Crippen molar-refractivity contribution in [1.82, 2.24) is 19.9 Å². The van der Waals surface area contributed by atoms with Crippen LogP contribution in [-0.2, 0) is 0 Å². The van der Waals surface area contributed by atoms with Crippen LogP contribution >= 0.6 is 11.8 Å². The van der Waals surface area contributed by atoms with Crippen molar-refractivity contribution < 1.29 is 0 Å². The van der Waals surface area contributed by atoms with Crippen LogP contribution in [0.25, 0.3) is 0 Å². The zero-order valence-electron chi connectivity index (χ0n) is 13.4. The fourth-order valence-corrected chi connectivity index (χ4v) is 3.96. The van der Waals surface area contributed by atoms with E-state index in [9.17, 15) is 0 Å². The van der Waals surface area contributed by atoms with Crippen molar-refractivity contribution in [2.75, 3.05) is 12.3 Å². The van der Waals surface area contributed by atoms with Gasteiger partial charge in [-0.3, -0.25) is 9.98 Å². The fraction of sp³-hybridized carbons (Fsp3) is 0.412. The summed E-state index contributed by atoms with van der Waals surface area (Å²) < 4.78 is 1.63. The third kappa shape index (κ3) is 4.22. The zero-order valence-corrected chi connectivity index (χ0v) is 14.2. The van der Waals surface area contributed by atoms with Gasteiger partial charge in [0.15, 0.2) is 5.16 Å². The van der Waals surface area contributed by atoms with E-state index in [0.29, 0.717) is 30.0 Å². The zero-order chi connectivity index (χ0) is 16.8. The van der Waals surface area contributed by atoms with Crippen LogP contribution in [0.5, 0.6) is 0 Å². The summed E-state index contributed by atoms with van der Waals surface area (Å²) >= 11 is 1.71. The van der Waals surface area contributed by atoms with Gasteiger partial charge in [-0.05, 0) is 43.4 Å². The Morgan fingerprint density at radius 3 is 3.00 bits per heavy atom. The number of thioether (sulfide) groups is 1. The van der Waals surface area contributed by atoms with Gasteiger partial charge >= 0.3 is 0 Å². The van der Waals surface area contributed by atoms with Gasteiger partial charge in [-0.25, -0.2) is 9.97 Å². The van der Waals surface area contributed by atoms with Gasteiger partial charge in [0, 0.05) is 30.4 Å². The monoisotopic (exact) mass is 340 g/mol. The summed E-state index contributed by atoms with van der Waals surface area (Å²) in [6, 6.07) is 7.89. The molecule has 0 unspecified atom stereocenters. The number of aromatic nitrogens is 3. The summed E-state index contributed by atoms with van der Waals surface area (Å²) in [5, 5.41) is 21.4. The van der Waals surface area contributed by atoms with Crippen LogP contribution in [0.4, 0.5) is 0 Å². The van der Waals surface area contributed by atoms with Crippen molar-refractivity contribution in [3.63, 3.8) is 0 Å². The lowest BCUT2D eigenvalue weighted by molar-refractivity contribution is 0.533. The largest absolute Gasteiger partial charge is 0.307 e. The van der Waals surface area contributed by atoms with E-state index in [2.05, 4.69) is 21.4 Å². The van der Waals surface area contributed by atoms with Crippen LogP contribution in [0.3, 0.4) is 0 Å². The average molecular weight is 340 g/mol. The number of hydrogen-bond acceptors (Lipinski definition) is 6. The standard InChI is InChI=1S/C17H20N6S/c18-10-15-3-1-8-23(15)16(19)11-22-14-5-4-13(9-14)12-24-17-20-6-2-7-21-17/h1-3,6-8,13-14,19,22H,4-5,9,11-12H2/t13-,14+/m0/s1. The van der Waals surface area contributed by atoms with Gasteiger partial charge in [-0.1, -0.05) is 11.8 Å². The summed E-state index contributed by atoms with van der Waals surface area (Å²) in [4.78, 5) is 8.48. The molecule has 0 radical (unpaired) electrons. The number of rotatable bonds is 6. The van der Waals surface area contributed by atoms with Crippen LogP contribution < -0.4 is 5.32 Å². The molecule has 1 aliphatic rings. The minimum atomic E-state index is 0.409. The Labute approximate surface area is 145 Å². The van der Waals surface area contributed by atoms with E-state index in [1.54, 1.807) is 47.1 Å². The number of hydrogen-bond donors (Lipinski definition) is 2. The molecule has 2 aromatic heterocycles. The minimum Gasteiger partial charge on any atom is -0.307 e. The molecule has 0 spiro atoms. The van der Waals surface area contributed by atoms with Gasteiger partial charge in [0.1, 0.15) is 17.6 Å². The highest BCUT2D eigenvalue weighted by Crippen LogP contribution is 2.30. The molecule has 2 aromatic rings. The second-order valence-corrected chi connectivity index (χ2v) is 6.91. The highest BCUT2D eigenvalue weighted by Gasteiger charge is 2.25. The van der Waals surface area contributed by atoms with Gasteiger partial charge in [-0.15, -0.1) is 0 Å². The van der Waals surface area contributed by atoms with Crippen LogP contribution in [-0.4, -0.2) is 38.7 Å². The van der Waals surface area contributed by atoms with Gasteiger partial charge in [0.25, 0.3) is 0 Å². The first-order chi connectivity index (χ1) is 11.8. The Morgan fingerprint density at radius 1 is 1.38 bits per heavy atom. The Balaban J connectivity index is 1.42. The van der Waals surface area contributed by atoms with E-state index in [-0.39, 0.29) is 0 Å². The van der Waals surface area contributed by atoms with Crippen molar-refractivity contribution in [1.29, 1.82) is 10.7 Å². The Bertz CT molecular complexity index is 720. The third-order valence-corrected chi connectivity index (χ3v) is 5.35. The minimum absolute atomic E-state index is 0.409. The van der Waals surface area contributed by atoms with E-state index in [1.165, 1.54) is 6.42 Å². The van der Waals surface area contributed by atoms with E-state index in [0.717, 1.165) is 23.8 Å². The molecule has 0 aliphatic heterocycles. The molecule has 0 amide bonds. The molecule has 1 saturated carbocycles. The van der Waals surface area contributed by atoms with Crippen molar-refractivity contribution in [3.05, 3.63) is 42.5 Å². The van der Waals surface area contributed by atoms with E-state index in [4.69, 9.17) is 10.7 Å². The lowest BCUT2D eigenvalue weighted by atomic mass is 10.1. The lowest BCUT2D eigenvalue weighted by Crippen LogP contribution is -2.34. The maximum Gasteiger partial charge on any atom is 0.187 e. The molecule has 0 aromatic carbocycles. The summed E-state index contributed by atoms with van der Waals surface area (Å²) in [5.74, 6) is 2.11. The predicted molar refractivity (Wildman–Crippen MR) is 94.2 cm³/mol. The molecule has 0 saturated heterocycles. The predicted octanol–water partition coefficient (Wildman–Crippen LogP) is 2.53. The second kappa shape index (κ2) is 8.08. The maximum absolute atomic E-state index is 9.02. The number of nitrogens with one attached hydrogen (secondary N) is 2. The molecule has 3 rings (SSSR count). The summed E-state index contributed by atoms with van der Waals surface area (Å²) in [7, 11) is 0. The van der Waals surface area contributed by atoms with E-state index >= 15 is 0 Å². The normalized spacial score (nSPS) is 20.0. The number of nitrogens with zero attached hydrogens (tertiary/aromatic N) is 4.